The van der Waals surface area contributed by atoms with Gasteiger partial charge in [0.25, 0.3) is 0 Å². The molecule has 9 rings (SSSR count). The van der Waals surface area contributed by atoms with E-state index in [-0.39, 0.29) is 28.0 Å². The number of hydrogen-bond donors (Lipinski definition) is 0. The van der Waals surface area contributed by atoms with Gasteiger partial charge in [0.15, 0.2) is 11.6 Å². The van der Waals surface area contributed by atoms with Crippen LogP contribution in [-0.2, 0) is 10.8 Å². The molecule has 0 aromatic heterocycles. The SMILES string of the molecule is CC1(C)c2ccccc2N2c3ccc4cc(C=C5C(=O)c6cc7ccccc7cc6C5=O)ccc4c3C(C)(C)c3cccc1c32. The second-order valence-electron chi connectivity index (χ2n) is 13.7. The van der Waals surface area contributed by atoms with Crippen LogP contribution in [0.25, 0.3) is 27.6 Å². The maximum atomic E-state index is 13.5. The molecule has 0 spiro atoms. The molecule has 3 heteroatoms. The van der Waals surface area contributed by atoms with Crippen LogP contribution in [0.3, 0.4) is 0 Å². The average Bonchev–Trinajstić information content (AvgIpc) is 3.26. The number of Topliss-reactive ketones (excluding diaryl/α,β-unsaturated/α-hetero) is 2. The monoisotopic (exact) mass is 581 g/mol. The Bertz CT molecular complexity index is 2310. The molecule has 2 aliphatic heterocycles. The molecule has 0 saturated carbocycles. The van der Waals surface area contributed by atoms with E-state index in [1.54, 1.807) is 6.08 Å². The van der Waals surface area contributed by atoms with Crippen LogP contribution >= 0.6 is 0 Å². The van der Waals surface area contributed by atoms with Crippen LogP contribution in [0, 0.1) is 0 Å². The predicted molar refractivity (Wildman–Crippen MR) is 183 cm³/mol. The molecule has 0 bridgehead atoms. The molecule has 3 aliphatic rings. The number of carbonyl (C=O) groups excluding carboxylic acids is 2. The number of ketones is 2. The van der Waals surface area contributed by atoms with Crippen molar-refractivity contribution in [3.63, 3.8) is 0 Å². The molecule has 0 radical (unpaired) electrons. The van der Waals surface area contributed by atoms with Gasteiger partial charge >= 0.3 is 0 Å². The van der Waals surface area contributed by atoms with Crippen LogP contribution in [0.2, 0.25) is 0 Å². The zero-order chi connectivity index (χ0) is 30.8. The first kappa shape index (κ1) is 26.2. The lowest BCUT2D eigenvalue weighted by Gasteiger charge is -2.49. The van der Waals surface area contributed by atoms with Crippen LogP contribution in [0.1, 0.15) is 76.2 Å². The molecule has 0 fully saturated rings. The molecule has 216 valence electrons. The summed E-state index contributed by atoms with van der Waals surface area (Å²) in [5.41, 5.74) is 10.7. The molecule has 1 aliphatic carbocycles. The van der Waals surface area contributed by atoms with Gasteiger partial charge in [-0.15, -0.1) is 0 Å². The van der Waals surface area contributed by atoms with Gasteiger partial charge in [0, 0.05) is 22.0 Å². The second-order valence-corrected chi connectivity index (χ2v) is 13.7. The largest absolute Gasteiger partial charge is 0.309 e. The van der Waals surface area contributed by atoms with Gasteiger partial charge in [-0.25, -0.2) is 0 Å². The average molecular weight is 582 g/mol. The first-order valence-corrected chi connectivity index (χ1v) is 15.6. The first-order chi connectivity index (χ1) is 21.7. The zero-order valence-corrected chi connectivity index (χ0v) is 25.7. The molecule has 3 nitrogen and oxygen atoms in total. The van der Waals surface area contributed by atoms with E-state index in [9.17, 15) is 9.59 Å². The third-order valence-corrected chi connectivity index (χ3v) is 10.5. The van der Waals surface area contributed by atoms with E-state index >= 15 is 0 Å². The van der Waals surface area contributed by atoms with Crippen LogP contribution < -0.4 is 4.90 Å². The van der Waals surface area contributed by atoms with E-state index < -0.39 is 0 Å². The Kier molecular flexibility index (Phi) is 5.04. The predicted octanol–water partition coefficient (Wildman–Crippen LogP) is 10.2. The Labute approximate surface area is 262 Å². The van der Waals surface area contributed by atoms with E-state index in [2.05, 4.69) is 99.3 Å². The first-order valence-electron chi connectivity index (χ1n) is 15.6. The van der Waals surface area contributed by atoms with Crippen molar-refractivity contribution in [3.05, 3.63) is 154 Å². The standard InChI is InChI=1S/C42H31NO2/c1-41(2)32-12-7-8-15-35(32)43-36-19-17-27-20-24(16-18-28(27)37(36)42(3,4)34-14-9-13-33(41)38(34)43)21-31-39(44)29-22-25-10-5-6-11-26(25)23-30(29)40(31)45/h5-23H,1-4H3. The summed E-state index contributed by atoms with van der Waals surface area (Å²) in [7, 11) is 0. The molecular formula is C42H31NO2. The fraction of sp³-hybridized carbons (Fsp3) is 0.143. The Balaban J connectivity index is 1.21. The highest BCUT2D eigenvalue weighted by Crippen LogP contribution is 2.60. The van der Waals surface area contributed by atoms with E-state index in [0.29, 0.717) is 11.1 Å². The van der Waals surface area contributed by atoms with Gasteiger partial charge in [-0.1, -0.05) is 107 Å². The maximum absolute atomic E-state index is 13.5. The van der Waals surface area contributed by atoms with Crippen molar-refractivity contribution in [2.24, 2.45) is 0 Å². The Morgan fingerprint density at radius 1 is 0.556 bits per heavy atom. The fourth-order valence-corrected chi connectivity index (χ4v) is 8.22. The number of benzene rings is 6. The van der Waals surface area contributed by atoms with Crippen molar-refractivity contribution in [2.45, 2.75) is 38.5 Å². The van der Waals surface area contributed by atoms with Gasteiger partial charge in [-0.05, 0) is 85.8 Å². The Morgan fingerprint density at radius 3 is 1.89 bits per heavy atom. The van der Waals surface area contributed by atoms with Crippen molar-refractivity contribution < 1.29 is 9.59 Å². The number of nitrogens with zero attached hydrogens (tertiary/aromatic N) is 1. The molecule has 0 saturated heterocycles. The summed E-state index contributed by atoms with van der Waals surface area (Å²) >= 11 is 0. The summed E-state index contributed by atoms with van der Waals surface area (Å²) < 4.78 is 0. The van der Waals surface area contributed by atoms with Gasteiger partial charge in [0.1, 0.15) is 0 Å². The number of hydrogen-bond acceptors (Lipinski definition) is 3. The van der Waals surface area contributed by atoms with Crippen molar-refractivity contribution in [2.75, 3.05) is 4.90 Å². The van der Waals surface area contributed by atoms with Gasteiger partial charge < -0.3 is 4.90 Å². The molecule has 0 N–H and O–H groups in total. The highest BCUT2D eigenvalue weighted by molar-refractivity contribution is 6.42. The molecule has 6 aromatic carbocycles. The molecule has 0 unspecified atom stereocenters. The lowest BCUT2D eigenvalue weighted by atomic mass is 9.66. The zero-order valence-electron chi connectivity index (χ0n) is 25.7. The lowest BCUT2D eigenvalue weighted by molar-refractivity contribution is 0.0990. The lowest BCUT2D eigenvalue weighted by Crippen LogP contribution is -2.38. The van der Waals surface area contributed by atoms with E-state index in [1.807, 2.05) is 42.5 Å². The molecule has 0 atom stereocenters. The minimum atomic E-state index is -0.250. The molecular weight excluding hydrogens is 550 g/mol. The Hall–Kier alpha value is -5.28. The van der Waals surface area contributed by atoms with Gasteiger partial charge in [-0.3, -0.25) is 9.59 Å². The fourth-order valence-electron chi connectivity index (χ4n) is 8.22. The van der Waals surface area contributed by atoms with Gasteiger partial charge in [-0.2, -0.15) is 0 Å². The minimum absolute atomic E-state index is 0.118. The van der Waals surface area contributed by atoms with E-state index in [4.69, 9.17) is 0 Å². The smallest absolute Gasteiger partial charge is 0.197 e. The van der Waals surface area contributed by atoms with Gasteiger partial charge in [0.05, 0.1) is 22.6 Å². The highest BCUT2D eigenvalue weighted by Gasteiger charge is 2.45. The third-order valence-electron chi connectivity index (χ3n) is 10.5. The van der Waals surface area contributed by atoms with Crippen LogP contribution in [0.5, 0.6) is 0 Å². The molecule has 0 amide bonds. The minimum Gasteiger partial charge on any atom is -0.309 e. The van der Waals surface area contributed by atoms with E-state index in [1.165, 1.54) is 44.7 Å². The quantitative estimate of drug-likeness (QED) is 0.143. The molecule has 2 heterocycles. The number of carbonyl (C=O) groups is 2. The third kappa shape index (κ3) is 3.36. The van der Waals surface area contributed by atoms with Gasteiger partial charge in [0.2, 0.25) is 0 Å². The van der Waals surface area contributed by atoms with Crippen molar-refractivity contribution >= 4 is 56.2 Å². The van der Waals surface area contributed by atoms with Crippen molar-refractivity contribution in [1.29, 1.82) is 0 Å². The topological polar surface area (TPSA) is 37.4 Å². The van der Waals surface area contributed by atoms with Crippen molar-refractivity contribution in [3.8, 4) is 0 Å². The summed E-state index contributed by atoms with van der Waals surface area (Å²) in [5, 5.41) is 4.19. The molecule has 45 heavy (non-hydrogen) atoms. The van der Waals surface area contributed by atoms with E-state index in [0.717, 1.165) is 21.7 Å². The summed E-state index contributed by atoms with van der Waals surface area (Å²) in [6.07, 6.45) is 1.77. The second kappa shape index (κ2) is 8.67. The normalized spacial score (nSPS) is 16.8. The number of para-hydroxylation sites is 2. The number of rotatable bonds is 1. The molecule has 6 aromatic rings. The Morgan fingerprint density at radius 2 is 1.18 bits per heavy atom. The van der Waals surface area contributed by atoms with Crippen LogP contribution in [-0.4, -0.2) is 11.6 Å². The number of fused-ring (bicyclic) bond motifs is 8. The number of anilines is 3. The summed E-state index contributed by atoms with van der Waals surface area (Å²) in [6.45, 7) is 9.33. The summed E-state index contributed by atoms with van der Waals surface area (Å²) in [4.78, 5) is 29.4. The maximum Gasteiger partial charge on any atom is 0.197 e. The summed E-state index contributed by atoms with van der Waals surface area (Å²) in [6, 6.07) is 37.9. The van der Waals surface area contributed by atoms with Crippen LogP contribution in [0.4, 0.5) is 17.1 Å². The highest BCUT2D eigenvalue weighted by atomic mass is 16.2. The number of allylic oxidation sites excluding steroid dienone is 1. The van der Waals surface area contributed by atoms with Crippen molar-refractivity contribution in [1.82, 2.24) is 0 Å². The van der Waals surface area contributed by atoms with Crippen LogP contribution in [0.15, 0.2) is 115 Å². The summed E-state index contributed by atoms with van der Waals surface area (Å²) in [5.74, 6) is -0.405.